The van der Waals surface area contributed by atoms with Crippen LogP contribution >= 0.6 is 0 Å². The van der Waals surface area contributed by atoms with Crippen molar-refractivity contribution in [2.45, 2.75) is 11.4 Å². The molecule has 0 spiro atoms. The minimum absolute atomic E-state index is 0.0373. The van der Waals surface area contributed by atoms with Gasteiger partial charge < -0.3 is 5.11 Å². The number of hydrazone groups is 1. The quantitative estimate of drug-likeness (QED) is 0.428. The van der Waals surface area contributed by atoms with Gasteiger partial charge in [0, 0.05) is 13.3 Å². The molecule has 0 aliphatic carbocycles. The van der Waals surface area contributed by atoms with Crippen LogP contribution in [0, 0.1) is 0 Å². The van der Waals surface area contributed by atoms with Crippen molar-refractivity contribution in [3.05, 3.63) is 72.4 Å². The molecule has 0 aliphatic rings. The van der Waals surface area contributed by atoms with Gasteiger partial charge in [-0.2, -0.15) is 5.10 Å². The Kier molecular flexibility index (Phi) is 5.68. The Balaban J connectivity index is 2.18. The summed E-state index contributed by atoms with van der Waals surface area (Å²) in [7, 11) is -3.64. The average molecular weight is 359 g/mol. The highest BCUT2D eigenvalue weighted by Crippen LogP contribution is 2.21. The van der Waals surface area contributed by atoms with Gasteiger partial charge in [-0.25, -0.2) is 22.9 Å². The second kappa shape index (κ2) is 7.73. The Morgan fingerprint density at radius 2 is 1.84 bits per heavy atom. The number of rotatable bonds is 8. The summed E-state index contributed by atoms with van der Waals surface area (Å²) in [5, 5.41) is 13.7. The van der Waals surface area contributed by atoms with Crippen molar-refractivity contribution in [1.29, 1.82) is 0 Å². The van der Waals surface area contributed by atoms with Crippen molar-refractivity contribution in [3.63, 3.8) is 0 Å². The Labute approximate surface area is 146 Å². The molecule has 130 valence electrons. The van der Waals surface area contributed by atoms with Crippen molar-refractivity contribution in [3.8, 4) is 0 Å². The van der Waals surface area contributed by atoms with Crippen LogP contribution in [-0.2, 0) is 21.4 Å². The molecule has 2 rings (SSSR count). The summed E-state index contributed by atoms with van der Waals surface area (Å²) < 4.78 is 27.0. The lowest BCUT2D eigenvalue weighted by Crippen LogP contribution is -2.24. The minimum atomic E-state index is -3.64. The third-order valence-electron chi connectivity index (χ3n) is 3.32. The molecule has 0 amide bonds. The predicted octanol–water partition coefficient (Wildman–Crippen LogP) is 2.19. The van der Waals surface area contributed by atoms with Gasteiger partial charge in [0.2, 0.25) is 10.0 Å². The molecule has 0 saturated heterocycles. The van der Waals surface area contributed by atoms with Gasteiger partial charge in [-0.05, 0) is 29.8 Å². The molecule has 0 aromatic heterocycles. The van der Waals surface area contributed by atoms with E-state index in [1.807, 2.05) is 0 Å². The molecule has 0 atom stereocenters. The summed E-state index contributed by atoms with van der Waals surface area (Å²) in [5.74, 6) is -1.23. The molecule has 2 aromatic carbocycles. The van der Waals surface area contributed by atoms with E-state index in [1.165, 1.54) is 12.1 Å². The number of sulfonamides is 1. The van der Waals surface area contributed by atoms with Crippen molar-refractivity contribution in [2.24, 2.45) is 5.10 Å². The van der Waals surface area contributed by atoms with E-state index in [4.69, 9.17) is 5.11 Å². The number of carboxylic acids is 1. The monoisotopic (exact) mass is 359 g/mol. The molecule has 2 N–H and O–H groups in total. The fourth-order valence-corrected chi connectivity index (χ4v) is 3.11. The van der Waals surface area contributed by atoms with Crippen molar-refractivity contribution in [2.75, 3.05) is 5.01 Å². The molecule has 2 aromatic rings. The summed E-state index contributed by atoms with van der Waals surface area (Å²) >= 11 is 0. The number of carboxylic acid groups (broad SMARTS) is 1. The van der Waals surface area contributed by atoms with Crippen LogP contribution in [0.15, 0.2) is 76.9 Å². The van der Waals surface area contributed by atoms with Gasteiger partial charge in [-0.15, -0.1) is 0 Å². The first kappa shape index (κ1) is 18.4. The van der Waals surface area contributed by atoms with E-state index in [1.54, 1.807) is 42.5 Å². The third kappa shape index (κ3) is 4.52. The van der Waals surface area contributed by atoms with E-state index in [0.29, 0.717) is 11.3 Å². The molecule has 0 unspecified atom stereocenters. The molecule has 7 nitrogen and oxygen atoms in total. The van der Waals surface area contributed by atoms with E-state index in [2.05, 4.69) is 23.1 Å². The molecule has 0 heterocycles. The maximum absolute atomic E-state index is 12.2. The van der Waals surface area contributed by atoms with Gasteiger partial charge in [0.25, 0.3) is 0 Å². The molecular formula is C17H17N3O4S. The van der Waals surface area contributed by atoms with E-state index in [-0.39, 0.29) is 17.1 Å². The van der Waals surface area contributed by atoms with Gasteiger partial charge in [0.1, 0.15) is 5.70 Å². The van der Waals surface area contributed by atoms with Gasteiger partial charge in [-0.3, -0.25) is 0 Å². The lowest BCUT2D eigenvalue weighted by Gasteiger charge is -2.18. The fraction of sp³-hybridized carbons (Fsp3) is 0.0588. The Morgan fingerprint density at radius 3 is 2.44 bits per heavy atom. The molecule has 0 radical (unpaired) electrons. The molecule has 8 heteroatoms. The van der Waals surface area contributed by atoms with Crippen molar-refractivity contribution in [1.82, 2.24) is 4.72 Å². The molecule has 0 bridgehead atoms. The third-order valence-corrected chi connectivity index (χ3v) is 4.74. The van der Waals surface area contributed by atoms with E-state index >= 15 is 0 Å². The Bertz CT molecular complexity index is 895. The highest BCUT2D eigenvalue weighted by molar-refractivity contribution is 7.89. The fourth-order valence-electron chi connectivity index (χ4n) is 2.07. The maximum atomic E-state index is 12.2. The average Bonchev–Trinajstić information content (AvgIpc) is 2.62. The summed E-state index contributed by atoms with van der Waals surface area (Å²) in [6, 6.07) is 14.6. The van der Waals surface area contributed by atoms with Crippen LogP contribution in [0.3, 0.4) is 0 Å². The summed E-state index contributed by atoms with van der Waals surface area (Å²) in [4.78, 5) is 11.2. The second-order valence-electron chi connectivity index (χ2n) is 5.01. The number of benzene rings is 2. The first-order chi connectivity index (χ1) is 11.8. The van der Waals surface area contributed by atoms with Crippen LogP contribution < -0.4 is 9.73 Å². The normalized spacial score (nSPS) is 10.9. The van der Waals surface area contributed by atoms with Crippen LogP contribution in [0.1, 0.15) is 5.56 Å². The first-order valence-corrected chi connectivity index (χ1v) is 8.66. The first-order valence-electron chi connectivity index (χ1n) is 7.18. The highest BCUT2D eigenvalue weighted by Gasteiger charge is 2.16. The summed E-state index contributed by atoms with van der Waals surface area (Å²) in [5.41, 5.74) is 0.777. The van der Waals surface area contributed by atoms with Crippen LogP contribution in [0.25, 0.3) is 0 Å². The Hall–Kier alpha value is -2.97. The lowest BCUT2D eigenvalue weighted by atomic mass is 10.2. The number of anilines is 1. The predicted molar refractivity (Wildman–Crippen MR) is 95.7 cm³/mol. The molecule has 0 aliphatic heterocycles. The number of carbonyl (C=O) groups is 1. The van der Waals surface area contributed by atoms with Crippen LogP contribution in [-0.4, -0.2) is 26.2 Å². The number of hydrogen-bond acceptors (Lipinski definition) is 5. The number of nitrogens with zero attached hydrogens (tertiary/aromatic N) is 2. The van der Waals surface area contributed by atoms with Crippen LogP contribution in [0.2, 0.25) is 0 Å². The van der Waals surface area contributed by atoms with Crippen LogP contribution in [0.4, 0.5) is 5.69 Å². The summed E-state index contributed by atoms with van der Waals surface area (Å²) in [6.45, 7) is 6.81. The topological polar surface area (TPSA) is 99.1 Å². The van der Waals surface area contributed by atoms with Gasteiger partial charge in [-0.1, -0.05) is 36.9 Å². The molecule has 0 fully saturated rings. The van der Waals surface area contributed by atoms with Crippen molar-refractivity contribution >= 4 is 28.4 Å². The zero-order valence-electron chi connectivity index (χ0n) is 13.3. The lowest BCUT2D eigenvalue weighted by molar-refractivity contribution is -0.132. The zero-order valence-corrected chi connectivity index (χ0v) is 14.1. The number of nitrogens with one attached hydrogen (secondary N) is 1. The minimum Gasteiger partial charge on any atom is -0.477 e. The second-order valence-corrected chi connectivity index (χ2v) is 6.78. The smallest absolute Gasteiger partial charge is 0.353 e. The van der Waals surface area contributed by atoms with E-state index in [9.17, 15) is 13.2 Å². The molecule has 25 heavy (non-hydrogen) atoms. The van der Waals surface area contributed by atoms with Gasteiger partial charge >= 0.3 is 5.97 Å². The molecule has 0 saturated carbocycles. The zero-order chi connectivity index (χ0) is 18.4. The van der Waals surface area contributed by atoms with Crippen LogP contribution in [0.5, 0.6) is 0 Å². The number of hydrogen-bond donors (Lipinski definition) is 2. The maximum Gasteiger partial charge on any atom is 0.353 e. The van der Waals surface area contributed by atoms with Gasteiger partial charge in [0.15, 0.2) is 0 Å². The summed E-state index contributed by atoms with van der Waals surface area (Å²) in [6.07, 6.45) is 0. The largest absolute Gasteiger partial charge is 0.477 e. The SMILES string of the molecule is C=NN(C(=C)C(=O)O)c1cccc(CNS(=O)(=O)c2ccccc2)c1. The molecular weight excluding hydrogens is 342 g/mol. The number of aliphatic carboxylic acids is 1. The van der Waals surface area contributed by atoms with Gasteiger partial charge in [0.05, 0.1) is 10.6 Å². The van der Waals surface area contributed by atoms with E-state index in [0.717, 1.165) is 5.01 Å². The Morgan fingerprint density at radius 1 is 1.16 bits per heavy atom. The van der Waals surface area contributed by atoms with E-state index < -0.39 is 16.0 Å². The standard InChI is InChI=1S/C17H17N3O4S/c1-13(17(21)22)20(18-2)15-8-6-7-14(11-15)12-19-25(23,24)16-9-4-3-5-10-16/h3-11,19H,1-2,12H2,(H,21,22). The van der Waals surface area contributed by atoms with Crippen molar-refractivity contribution < 1.29 is 18.3 Å². The highest BCUT2D eigenvalue weighted by atomic mass is 32.2.